The smallest absolute Gasteiger partial charge is 0.233 e. The van der Waals surface area contributed by atoms with E-state index in [0.29, 0.717) is 18.8 Å². The Kier molecular flexibility index (Phi) is 6.00. The lowest BCUT2D eigenvalue weighted by molar-refractivity contribution is -0.120. The number of carbonyl (C=O) groups excluding carboxylic acids is 1. The molecule has 0 bridgehead atoms. The minimum atomic E-state index is -0.0115. The normalized spacial score (nSPS) is 10.1. The lowest BCUT2D eigenvalue weighted by Crippen LogP contribution is -2.33. The van der Waals surface area contributed by atoms with E-state index < -0.39 is 0 Å². The molecule has 0 saturated carbocycles. The topological polar surface area (TPSA) is 70.6 Å². The lowest BCUT2D eigenvalue weighted by Gasteiger charge is -2.08. The van der Waals surface area contributed by atoms with Gasteiger partial charge in [0.2, 0.25) is 5.91 Å². The highest BCUT2D eigenvalue weighted by Crippen LogP contribution is 2.25. The molecule has 0 heterocycles. The highest BCUT2D eigenvalue weighted by Gasteiger charge is 2.03. The third kappa shape index (κ3) is 4.63. The first-order valence-corrected chi connectivity index (χ1v) is 6.00. The summed E-state index contributed by atoms with van der Waals surface area (Å²) in [5, 5.41) is 15.3. The number of phenols is 1. The van der Waals surface area contributed by atoms with Crippen LogP contribution >= 0.6 is 0 Å². The molecule has 0 aliphatic carbocycles. The van der Waals surface area contributed by atoms with Crippen LogP contribution < -0.4 is 15.4 Å². The van der Waals surface area contributed by atoms with Crippen LogP contribution in [-0.2, 0) is 11.3 Å². The minimum absolute atomic E-state index is 0.0115. The summed E-state index contributed by atoms with van der Waals surface area (Å²) in [6, 6.07) is 5.11. The molecular weight excluding hydrogens is 232 g/mol. The van der Waals surface area contributed by atoms with Crippen LogP contribution in [0.1, 0.15) is 18.9 Å². The van der Waals surface area contributed by atoms with E-state index in [1.165, 1.54) is 7.11 Å². The number of ether oxygens (including phenoxy) is 1. The molecule has 1 rings (SSSR count). The fourth-order valence-electron chi connectivity index (χ4n) is 1.48. The highest BCUT2D eigenvalue weighted by molar-refractivity contribution is 5.77. The Morgan fingerprint density at radius 3 is 2.89 bits per heavy atom. The van der Waals surface area contributed by atoms with Crippen LogP contribution in [0.25, 0.3) is 0 Å². The van der Waals surface area contributed by atoms with Crippen molar-refractivity contribution >= 4 is 5.91 Å². The molecule has 5 heteroatoms. The van der Waals surface area contributed by atoms with Crippen molar-refractivity contribution in [1.82, 2.24) is 10.6 Å². The van der Waals surface area contributed by atoms with Crippen LogP contribution in [-0.4, -0.2) is 31.2 Å². The number of hydrogen-bond acceptors (Lipinski definition) is 4. The number of amides is 1. The molecule has 0 radical (unpaired) electrons. The Bertz CT molecular complexity index is 394. The van der Waals surface area contributed by atoms with Gasteiger partial charge in [-0.25, -0.2) is 0 Å². The van der Waals surface area contributed by atoms with E-state index in [0.717, 1.165) is 12.0 Å². The molecule has 1 amide bonds. The van der Waals surface area contributed by atoms with Crippen LogP contribution in [0, 0.1) is 0 Å². The Morgan fingerprint density at radius 2 is 2.22 bits per heavy atom. The zero-order chi connectivity index (χ0) is 13.4. The number of rotatable bonds is 7. The van der Waals surface area contributed by atoms with Crippen molar-refractivity contribution in [2.24, 2.45) is 0 Å². The predicted octanol–water partition coefficient (Wildman–Crippen LogP) is 1.02. The fraction of sp³-hybridized carbons (Fsp3) is 0.462. The second-order valence-electron chi connectivity index (χ2n) is 3.96. The van der Waals surface area contributed by atoms with Gasteiger partial charge < -0.3 is 20.5 Å². The van der Waals surface area contributed by atoms with Gasteiger partial charge in [-0.2, -0.15) is 0 Å². The number of nitrogens with one attached hydrogen (secondary N) is 2. The van der Waals surface area contributed by atoms with Crippen molar-refractivity contribution in [3.05, 3.63) is 23.8 Å². The van der Waals surface area contributed by atoms with Crippen molar-refractivity contribution in [3.8, 4) is 11.5 Å². The van der Waals surface area contributed by atoms with Crippen molar-refractivity contribution < 1.29 is 14.6 Å². The van der Waals surface area contributed by atoms with E-state index in [1.54, 1.807) is 18.2 Å². The van der Waals surface area contributed by atoms with Gasteiger partial charge >= 0.3 is 0 Å². The fourth-order valence-corrected chi connectivity index (χ4v) is 1.48. The van der Waals surface area contributed by atoms with Gasteiger partial charge in [0.1, 0.15) is 0 Å². The predicted molar refractivity (Wildman–Crippen MR) is 69.7 cm³/mol. The maximum Gasteiger partial charge on any atom is 0.233 e. The number of hydrogen-bond donors (Lipinski definition) is 3. The second kappa shape index (κ2) is 7.55. The summed E-state index contributed by atoms with van der Waals surface area (Å²) < 4.78 is 5.01. The van der Waals surface area contributed by atoms with Gasteiger partial charge in [-0.3, -0.25) is 4.79 Å². The first-order chi connectivity index (χ1) is 8.67. The van der Waals surface area contributed by atoms with E-state index in [4.69, 9.17) is 4.74 Å². The van der Waals surface area contributed by atoms with Crippen LogP contribution in [0.15, 0.2) is 18.2 Å². The Labute approximate surface area is 107 Å². The molecule has 0 aliphatic rings. The summed E-state index contributed by atoms with van der Waals surface area (Å²) in [6.07, 6.45) is 0.931. The monoisotopic (exact) mass is 252 g/mol. The summed E-state index contributed by atoms with van der Waals surface area (Å²) in [6.45, 7) is 3.54. The number of aromatic hydroxyl groups is 1. The zero-order valence-electron chi connectivity index (χ0n) is 10.8. The van der Waals surface area contributed by atoms with Gasteiger partial charge in [0.25, 0.3) is 0 Å². The average molecular weight is 252 g/mol. The van der Waals surface area contributed by atoms with Crippen molar-refractivity contribution in [2.75, 3.05) is 20.2 Å². The third-order valence-corrected chi connectivity index (χ3v) is 2.43. The van der Waals surface area contributed by atoms with Gasteiger partial charge in [-0.15, -0.1) is 0 Å². The van der Waals surface area contributed by atoms with Crippen LogP contribution in [0.3, 0.4) is 0 Å². The molecule has 0 fully saturated rings. The van der Waals surface area contributed by atoms with Crippen LogP contribution in [0.5, 0.6) is 11.5 Å². The van der Waals surface area contributed by atoms with Crippen LogP contribution in [0.2, 0.25) is 0 Å². The second-order valence-corrected chi connectivity index (χ2v) is 3.96. The molecule has 1 aromatic rings. The molecule has 1 aromatic carbocycles. The molecule has 0 atom stereocenters. The SMILES string of the molecule is CCCNC(=O)CNCc1ccc(O)c(OC)c1. The first-order valence-electron chi connectivity index (χ1n) is 6.00. The number of phenolic OH excluding ortho intramolecular Hbond substituents is 1. The Morgan fingerprint density at radius 1 is 1.44 bits per heavy atom. The van der Waals surface area contributed by atoms with Gasteiger partial charge in [-0.1, -0.05) is 13.0 Å². The third-order valence-electron chi connectivity index (χ3n) is 2.43. The van der Waals surface area contributed by atoms with Gasteiger partial charge in [0.05, 0.1) is 13.7 Å². The van der Waals surface area contributed by atoms with Crippen molar-refractivity contribution in [1.29, 1.82) is 0 Å². The largest absolute Gasteiger partial charge is 0.504 e. The van der Waals surface area contributed by atoms with E-state index in [9.17, 15) is 9.90 Å². The summed E-state index contributed by atoms with van der Waals surface area (Å²) in [5.41, 5.74) is 0.952. The highest BCUT2D eigenvalue weighted by atomic mass is 16.5. The Hall–Kier alpha value is -1.75. The molecule has 100 valence electrons. The standard InChI is InChI=1S/C13H20N2O3/c1-3-6-15-13(17)9-14-8-10-4-5-11(16)12(7-10)18-2/h4-5,7,14,16H,3,6,8-9H2,1-2H3,(H,15,17). The first kappa shape index (κ1) is 14.3. The van der Waals surface area contributed by atoms with Gasteiger partial charge in [-0.05, 0) is 24.1 Å². The van der Waals surface area contributed by atoms with E-state index in [1.807, 2.05) is 6.92 Å². The van der Waals surface area contributed by atoms with Crippen molar-refractivity contribution in [2.45, 2.75) is 19.9 Å². The molecule has 0 aliphatic heterocycles. The molecule has 0 saturated heterocycles. The van der Waals surface area contributed by atoms with E-state index in [-0.39, 0.29) is 18.2 Å². The molecule has 0 spiro atoms. The molecule has 18 heavy (non-hydrogen) atoms. The minimum Gasteiger partial charge on any atom is -0.504 e. The molecule has 0 aromatic heterocycles. The molecule has 5 nitrogen and oxygen atoms in total. The summed E-state index contributed by atoms with van der Waals surface area (Å²) in [4.78, 5) is 11.3. The maximum atomic E-state index is 11.3. The summed E-state index contributed by atoms with van der Waals surface area (Å²) in [7, 11) is 1.50. The van der Waals surface area contributed by atoms with Crippen molar-refractivity contribution in [3.63, 3.8) is 0 Å². The van der Waals surface area contributed by atoms with Gasteiger partial charge in [0.15, 0.2) is 11.5 Å². The van der Waals surface area contributed by atoms with E-state index >= 15 is 0 Å². The number of methoxy groups -OCH3 is 1. The quantitative estimate of drug-likeness (QED) is 0.677. The summed E-state index contributed by atoms with van der Waals surface area (Å²) in [5.74, 6) is 0.536. The molecule has 3 N–H and O–H groups in total. The number of benzene rings is 1. The lowest BCUT2D eigenvalue weighted by atomic mass is 10.2. The van der Waals surface area contributed by atoms with Gasteiger partial charge in [0, 0.05) is 13.1 Å². The zero-order valence-corrected chi connectivity index (χ0v) is 10.8. The molecular formula is C13H20N2O3. The van der Waals surface area contributed by atoms with Crippen LogP contribution in [0.4, 0.5) is 0 Å². The summed E-state index contributed by atoms with van der Waals surface area (Å²) >= 11 is 0. The molecule has 0 unspecified atom stereocenters. The maximum absolute atomic E-state index is 11.3. The average Bonchev–Trinajstić information content (AvgIpc) is 2.38. The van der Waals surface area contributed by atoms with E-state index in [2.05, 4.69) is 10.6 Å². The Balaban J connectivity index is 2.37. The number of carbonyl (C=O) groups is 1.